The number of aryl methyl sites for hydroxylation is 2. The Labute approximate surface area is 171 Å². The molecule has 0 aliphatic heterocycles. The number of hydrogen-bond acceptors (Lipinski definition) is 7. The Morgan fingerprint density at radius 2 is 2.18 bits per heavy atom. The van der Waals surface area contributed by atoms with Gasteiger partial charge in [0.15, 0.2) is 5.16 Å². The second-order valence-corrected chi connectivity index (χ2v) is 9.86. The van der Waals surface area contributed by atoms with Gasteiger partial charge in [-0.15, -0.1) is 21.5 Å². The highest BCUT2D eigenvalue weighted by molar-refractivity contribution is 8.00. The number of amides is 1. The van der Waals surface area contributed by atoms with E-state index in [0.717, 1.165) is 13.0 Å². The fraction of sp³-hybridized carbons (Fsp3) is 0.235. The van der Waals surface area contributed by atoms with Crippen molar-refractivity contribution in [3.8, 4) is 0 Å². The predicted molar refractivity (Wildman–Crippen MR) is 110 cm³/mol. The van der Waals surface area contributed by atoms with E-state index in [-0.39, 0.29) is 10.8 Å². The lowest BCUT2D eigenvalue weighted by Gasteiger charge is -2.13. The van der Waals surface area contributed by atoms with E-state index in [2.05, 4.69) is 21.6 Å². The molecule has 3 aromatic rings. The molecule has 0 saturated carbocycles. The summed E-state index contributed by atoms with van der Waals surface area (Å²) in [5, 5.41) is 18.1. The minimum absolute atomic E-state index is 0.0565. The van der Waals surface area contributed by atoms with Crippen LogP contribution in [0, 0.1) is 0 Å². The van der Waals surface area contributed by atoms with Crippen LogP contribution in [0.1, 0.15) is 11.8 Å². The van der Waals surface area contributed by atoms with Crippen LogP contribution in [-0.4, -0.2) is 34.3 Å². The lowest BCUT2D eigenvalue weighted by molar-refractivity contribution is -0.115. The van der Waals surface area contributed by atoms with Crippen molar-refractivity contribution in [2.45, 2.75) is 35.2 Å². The zero-order chi connectivity index (χ0) is 20.1. The van der Waals surface area contributed by atoms with Crippen molar-refractivity contribution in [3.05, 3.63) is 53.0 Å². The van der Waals surface area contributed by atoms with Crippen molar-refractivity contribution in [2.24, 2.45) is 5.14 Å². The molecule has 3 N–H and O–H groups in total. The molecule has 0 bridgehead atoms. The van der Waals surface area contributed by atoms with Crippen LogP contribution in [0.15, 0.2) is 58.2 Å². The van der Waals surface area contributed by atoms with Crippen LogP contribution in [0.5, 0.6) is 0 Å². The van der Waals surface area contributed by atoms with Crippen molar-refractivity contribution in [3.63, 3.8) is 0 Å². The van der Waals surface area contributed by atoms with Gasteiger partial charge < -0.3 is 9.88 Å². The first-order valence-electron chi connectivity index (χ1n) is 8.33. The van der Waals surface area contributed by atoms with Crippen LogP contribution < -0.4 is 10.5 Å². The monoisotopic (exact) mass is 437 g/mol. The van der Waals surface area contributed by atoms with Gasteiger partial charge in [0, 0.05) is 17.1 Å². The number of carbonyl (C=O) groups is 1. The number of rotatable bonds is 8. The molecule has 2 aromatic heterocycles. The average molecular weight is 438 g/mol. The van der Waals surface area contributed by atoms with E-state index < -0.39 is 15.3 Å². The standard InChI is InChI=1S/C17H19N5O3S3/c1-12(16(23)20-13-4-2-6-15(10-13)28(18,24)25)27-17-21-19-11-22(17)8-7-14-5-3-9-26-14/h2-6,9-12H,7-8H2,1H3,(H,20,23)(H2,18,24,25)/t12-/m1/s1. The molecule has 0 fully saturated rings. The predicted octanol–water partition coefficient (Wildman–Crippen LogP) is 2.35. The topological polar surface area (TPSA) is 120 Å². The molecule has 1 aromatic carbocycles. The zero-order valence-electron chi connectivity index (χ0n) is 15.0. The number of nitrogens with one attached hydrogen (secondary N) is 1. The number of primary sulfonamides is 1. The van der Waals surface area contributed by atoms with Crippen LogP contribution in [-0.2, 0) is 27.8 Å². The van der Waals surface area contributed by atoms with E-state index in [1.165, 1.54) is 34.8 Å². The molecule has 0 saturated heterocycles. The first-order valence-corrected chi connectivity index (χ1v) is 11.6. The van der Waals surface area contributed by atoms with E-state index in [1.807, 2.05) is 16.0 Å². The number of thioether (sulfide) groups is 1. The van der Waals surface area contributed by atoms with E-state index in [0.29, 0.717) is 10.8 Å². The molecule has 0 unspecified atom stereocenters. The van der Waals surface area contributed by atoms with Gasteiger partial charge in [-0.25, -0.2) is 13.6 Å². The number of carbonyl (C=O) groups excluding carboxylic acids is 1. The highest BCUT2D eigenvalue weighted by atomic mass is 32.2. The van der Waals surface area contributed by atoms with E-state index in [4.69, 9.17) is 5.14 Å². The number of aromatic nitrogens is 3. The first kappa shape index (κ1) is 20.5. The summed E-state index contributed by atoms with van der Waals surface area (Å²) in [4.78, 5) is 13.7. The highest BCUT2D eigenvalue weighted by Gasteiger charge is 2.19. The van der Waals surface area contributed by atoms with E-state index >= 15 is 0 Å². The van der Waals surface area contributed by atoms with Gasteiger partial charge in [-0.05, 0) is 43.0 Å². The third-order valence-electron chi connectivity index (χ3n) is 3.84. The SMILES string of the molecule is C[C@@H](Sc1nncn1CCc1cccs1)C(=O)Nc1cccc(S(N)(=O)=O)c1. The number of hydrogen-bond donors (Lipinski definition) is 2. The van der Waals surface area contributed by atoms with Gasteiger partial charge in [-0.2, -0.15) is 0 Å². The van der Waals surface area contributed by atoms with Crippen molar-refractivity contribution in [2.75, 3.05) is 5.32 Å². The third-order valence-corrected chi connectivity index (χ3v) is 6.78. The summed E-state index contributed by atoms with van der Waals surface area (Å²) < 4.78 is 24.8. The summed E-state index contributed by atoms with van der Waals surface area (Å²) in [5.74, 6) is -0.274. The summed E-state index contributed by atoms with van der Waals surface area (Å²) in [6, 6.07) is 9.92. The number of sulfonamides is 1. The smallest absolute Gasteiger partial charge is 0.238 e. The number of benzene rings is 1. The Balaban J connectivity index is 1.61. The first-order chi connectivity index (χ1) is 13.3. The second kappa shape index (κ2) is 8.86. The lowest BCUT2D eigenvalue weighted by atomic mass is 10.3. The van der Waals surface area contributed by atoms with Crippen LogP contribution >= 0.6 is 23.1 Å². The molecule has 11 heteroatoms. The molecule has 0 radical (unpaired) electrons. The number of nitrogens with zero attached hydrogens (tertiary/aromatic N) is 3. The van der Waals surface area contributed by atoms with Gasteiger partial charge in [-0.1, -0.05) is 23.9 Å². The molecule has 8 nitrogen and oxygen atoms in total. The Hall–Kier alpha value is -2.21. The van der Waals surface area contributed by atoms with Gasteiger partial charge in [0.1, 0.15) is 6.33 Å². The van der Waals surface area contributed by atoms with Crippen molar-refractivity contribution in [1.82, 2.24) is 14.8 Å². The number of nitrogens with two attached hydrogens (primary N) is 1. The van der Waals surface area contributed by atoms with Gasteiger partial charge in [0.25, 0.3) is 0 Å². The van der Waals surface area contributed by atoms with Crippen molar-refractivity contribution >= 4 is 44.7 Å². The second-order valence-electron chi connectivity index (χ2n) is 5.96. The zero-order valence-corrected chi connectivity index (χ0v) is 17.4. The Morgan fingerprint density at radius 1 is 1.36 bits per heavy atom. The van der Waals surface area contributed by atoms with Gasteiger partial charge in [0.2, 0.25) is 15.9 Å². The molecule has 0 aliphatic rings. The summed E-state index contributed by atoms with van der Waals surface area (Å²) in [5.41, 5.74) is 0.364. The maximum atomic E-state index is 12.5. The molecule has 148 valence electrons. The Kier molecular flexibility index (Phi) is 6.50. The van der Waals surface area contributed by atoms with Crippen LogP contribution in [0.3, 0.4) is 0 Å². The Morgan fingerprint density at radius 3 is 2.89 bits per heavy atom. The fourth-order valence-electron chi connectivity index (χ4n) is 2.38. The summed E-state index contributed by atoms with van der Waals surface area (Å²) in [7, 11) is -3.83. The molecule has 3 rings (SSSR count). The molecule has 0 aliphatic carbocycles. The average Bonchev–Trinajstić information content (AvgIpc) is 3.31. The van der Waals surface area contributed by atoms with Crippen molar-refractivity contribution in [1.29, 1.82) is 0 Å². The summed E-state index contributed by atoms with van der Waals surface area (Å²) >= 11 is 2.99. The minimum atomic E-state index is -3.83. The highest BCUT2D eigenvalue weighted by Crippen LogP contribution is 2.23. The molecule has 0 spiro atoms. The normalized spacial score (nSPS) is 12.6. The maximum absolute atomic E-state index is 12.5. The van der Waals surface area contributed by atoms with E-state index in [1.54, 1.807) is 30.7 Å². The molecular formula is C17H19N5O3S3. The Bertz CT molecular complexity index is 1050. The molecule has 1 atom stereocenters. The minimum Gasteiger partial charge on any atom is -0.325 e. The van der Waals surface area contributed by atoms with Gasteiger partial charge >= 0.3 is 0 Å². The van der Waals surface area contributed by atoms with E-state index in [9.17, 15) is 13.2 Å². The van der Waals surface area contributed by atoms with Crippen LogP contribution in [0.2, 0.25) is 0 Å². The largest absolute Gasteiger partial charge is 0.325 e. The van der Waals surface area contributed by atoms with Crippen molar-refractivity contribution < 1.29 is 13.2 Å². The third kappa shape index (κ3) is 5.41. The van der Waals surface area contributed by atoms with Crippen LogP contribution in [0.4, 0.5) is 5.69 Å². The maximum Gasteiger partial charge on any atom is 0.238 e. The van der Waals surface area contributed by atoms with Gasteiger partial charge in [0.05, 0.1) is 10.1 Å². The number of thiophene rings is 1. The van der Waals surface area contributed by atoms with Crippen LogP contribution in [0.25, 0.3) is 0 Å². The molecular weight excluding hydrogens is 418 g/mol. The molecule has 2 heterocycles. The van der Waals surface area contributed by atoms with Gasteiger partial charge in [-0.3, -0.25) is 4.79 Å². The lowest BCUT2D eigenvalue weighted by Crippen LogP contribution is -2.23. The molecule has 1 amide bonds. The number of anilines is 1. The quantitative estimate of drug-likeness (QED) is 0.522. The fourth-order valence-corrected chi connectivity index (χ4v) is 4.49. The molecule has 28 heavy (non-hydrogen) atoms. The summed E-state index contributed by atoms with van der Waals surface area (Å²) in [6.07, 6.45) is 2.51. The summed E-state index contributed by atoms with van der Waals surface area (Å²) in [6.45, 7) is 2.47.